The molecule has 3 aromatic rings. The van der Waals surface area contributed by atoms with Crippen LogP contribution in [0.5, 0.6) is 5.75 Å². The van der Waals surface area contributed by atoms with Crippen LogP contribution in [0.15, 0.2) is 71.2 Å². The van der Waals surface area contributed by atoms with Crippen molar-refractivity contribution in [2.75, 3.05) is 0 Å². The Morgan fingerprint density at radius 2 is 1.90 bits per heavy atom. The van der Waals surface area contributed by atoms with Crippen LogP contribution in [0.3, 0.4) is 0 Å². The molecule has 3 aromatic carbocycles. The van der Waals surface area contributed by atoms with Gasteiger partial charge in [-0.05, 0) is 63.5 Å². The molecule has 0 aliphatic carbocycles. The van der Waals surface area contributed by atoms with Crippen molar-refractivity contribution in [3.05, 3.63) is 104 Å². The van der Waals surface area contributed by atoms with Gasteiger partial charge in [-0.3, -0.25) is 10.1 Å². The molecule has 7 heteroatoms. The molecule has 3 rings (SSSR count). The van der Waals surface area contributed by atoms with E-state index in [1.807, 2.05) is 0 Å². The maximum absolute atomic E-state index is 13.7. The summed E-state index contributed by atoms with van der Waals surface area (Å²) in [5.74, 6) is 0.212. The predicted molar refractivity (Wildman–Crippen MR) is 111 cm³/mol. The molecule has 0 aromatic heterocycles. The first-order valence-corrected chi connectivity index (χ1v) is 9.29. The highest BCUT2D eigenvalue weighted by molar-refractivity contribution is 9.10. The van der Waals surface area contributed by atoms with Crippen LogP contribution >= 0.6 is 15.9 Å². The van der Waals surface area contributed by atoms with Crippen LogP contribution in [0.1, 0.15) is 16.7 Å². The van der Waals surface area contributed by atoms with E-state index in [0.717, 1.165) is 5.56 Å². The fourth-order valence-corrected chi connectivity index (χ4v) is 3.12. The highest BCUT2D eigenvalue weighted by Crippen LogP contribution is 2.29. The molecule has 0 radical (unpaired) electrons. The van der Waals surface area contributed by atoms with Gasteiger partial charge < -0.3 is 4.74 Å². The lowest BCUT2D eigenvalue weighted by Crippen LogP contribution is -1.98. The van der Waals surface area contributed by atoms with E-state index in [0.29, 0.717) is 26.9 Å². The molecule has 0 spiro atoms. The Morgan fingerprint density at radius 1 is 1.17 bits per heavy atom. The van der Waals surface area contributed by atoms with Gasteiger partial charge in [-0.15, -0.1) is 0 Å². The molecular formula is C22H14BrFN2O3. The summed E-state index contributed by atoms with van der Waals surface area (Å²) in [6.45, 7) is 0.0900. The first-order valence-electron chi connectivity index (χ1n) is 8.50. The summed E-state index contributed by atoms with van der Waals surface area (Å²) in [5, 5.41) is 20.2. The van der Waals surface area contributed by atoms with E-state index in [2.05, 4.69) is 22.0 Å². The maximum Gasteiger partial charge on any atom is 0.269 e. The van der Waals surface area contributed by atoms with Crippen LogP contribution in [0.4, 0.5) is 10.1 Å². The van der Waals surface area contributed by atoms with Crippen molar-refractivity contribution < 1.29 is 14.1 Å². The molecule has 0 unspecified atom stereocenters. The number of halogens is 2. The van der Waals surface area contributed by atoms with Crippen molar-refractivity contribution in [3.63, 3.8) is 0 Å². The number of hydrogen-bond acceptors (Lipinski definition) is 4. The monoisotopic (exact) mass is 452 g/mol. The molecule has 0 aliphatic rings. The molecule has 0 heterocycles. The van der Waals surface area contributed by atoms with Gasteiger partial charge in [-0.25, -0.2) is 4.39 Å². The van der Waals surface area contributed by atoms with Gasteiger partial charge in [0.1, 0.15) is 18.2 Å². The lowest BCUT2D eigenvalue weighted by atomic mass is 10.0. The van der Waals surface area contributed by atoms with E-state index in [-0.39, 0.29) is 18.1 Å². The number of ether oxygens (including phenoxy) is 1. The second-order valence-corrected chi connectivity index (χ2v) is 6.90. The van der Waals surface area contributed by atoms with Crippen LogP contribution < -0.4 is 4.74 Å². The first kappa shape index (κ1) is 20.2. The van der Waals surface area contributed by atoms with Crippen molar-refractivity contribution >= 4 is 33.3 Å². The van der Waals surface area contributed by atoms with Crippen LogP contribution in [-0.4, -0.2) is 4.92 Å². The first-order chi connectivity index (χ1) is 14.0. The topological polar surface area (TPSA) is 76.2 Å². The van der Waals surface area contributed by atoms with E-state index in [9.17, 15) is 19.8 Å². The second kappa shape index (κ2) is 9.13. The standard InChI is InChI=1S/C22H14BrFN2O3/c23-20-12-15(5-10-22(20)29-14-17-3-1-2-4-21(17)24)11-18(13-25)16-6-8-19(9-7-16)26(27)28/h1-12H,14H2/b18-11-. The van der Waals surface area contributed by atoms with E-state index in [1.165, 1.54) is 30.3 Å². The molecular weight excluding hydrogens is 439 g/mol. The number of non-ortho nitro benzene ring substituents is 1. The van der Waals surface area contributed by atoms with Crippen LogP contribution in [0.2, 0.25) is 0 Å². The highest BCUT2D eigenvalue weighted by Gasteiger charge is 2.09. The van der Waals surface area contributed by atoms with Gasteiger partial charge in [-0.1, -0.05) is 24.3 Å². The Bertz CT molecular complexity index is 1120. The highest BCUT2D eigenvalue weighted by atomic mass is 79.9. The number of hydrogen-bond donors (Lipinski definition) is 0. The molecule has 29 heavy (non-hydrogen) atoms. The molecule has 0 atom stereocenters. The maximum atomic E-state index is 13.7. The van der Waals surface area contributed by atoms with E-state index >= 15 is 0 Å². The van der Waals surface area contributed by atoms with Crippen molar-refractivity contribution in [1.29, 1.82) is 5.26 Å². The SMILES string of the molecule is N#C/C(=C/c1ccc(OCc2ccccc2F)c(Br)c1)c1ccc([N+](=O)[O-])cc1. The van der Waals surface area contributed by atoms with Gasteiger partial charge in [0.25, 0.3) is 5.69 Å². The Labute approximate surface area is 175 Å². The fourth-order valence-electron chi connectivity index (χ4n) is 2.60. The minimum Gasteiger partial charge on any atom is -0.488 e. The van der Waals surface area contributed by atoms with Crippen molar-refractivity contribution in [1.82, 2.24) is 0 Å². The van der Waals surface area contributed by atoms with Gasteiger partial charge in [0.15, 0.2) is 0 Å². The largest absolute Gasteiger partial charge is 0.488 e. The smallest absolute Gasteiger partial charge is 0.269 e. The summed E-state index contributed by atoms with van der Waals surface area (Å²) < 4.78 is 20.0. The number of nitro benzene ring substituents is 1. The third kappa shape index (κ3) is 5.06. The number of nitriles is 1. The molecule has 0 aliphatic heterocycles. The van der Waals surface area contributed by atoms with Gasteiger partial charge in [-0.2, -0.15) is 5.26 Å². The average molecular weight is 453 g/mol. The third-order valence-corrected chi connectivity index (χ3v) is 4.74. The summed E-state index contributed by atoms with van der Waals surface area (Å²) in [6.07, 6.45) is 1.67. The van der Waals surface area contributed by atoms with Gasteiger partial charge in [0.2, 0.25) is 0 Å². The molecule has 0 saturated carbocycles. The minimum absolute atomic E-state index is 0.0369. The number of nitro groups is 1. The van der Waals surface area contributed by atoms with Gasteiger partial charge in [0, 0.05) is 17.7 Å². The molecule has 0 saturated heterocycles. The number of rotatable bonds is 6. The summed E-state index contributed by atoms with van der Waals surface area (Å²) >= 11 is 3.43. The zero-order valence-electron chi connectivity index (χ0n) is 15.0. The average Bonchev–Trinajstić information content (AvgIpc) is 2.72. The molecule has 144 valence electrons. The lowest BCUT2D eigenvalue weighted by Gasteiger charge is -2.10. The van der Waals surface area contributed by atoms with Crippen LogP contribution in [-0.2, 0) is 6.61 Å². The Hall–Kier alpha value is -3.50. The number of nitrogens with zero attached hydrogens (tertiary/aromatic N) is 2. The zero-order chi connectivity index (χ0) is 20.8. The van der Waals surface area contributed by atoms with Crippen LogP contribution in [0.25, 0.3) is 11.6 Å². The Kier molecular flexibility index (Phi) is 6.37. The molecule has 0 fully saturated rings. The van der Waals surface area contributed by atoms with Gasteiger partial charge >= 0.3 is 0 Å². The van der Waals surface area contributed by atoms with E-state index in [4.69, 9.17) is 4.74 Å². The fraction of sp³-hybridized carbons (Fsp3) is 0.0455. The summed E-state index contributed by atoms with van der Waals surface area (Å²) in [7, 11) is 0. The minimum atomic E-state index is -0.489. The quantitative estimate of drug-likeness (QED) is 0.195. The molecule has 0 N–H and O–H groups in total. The summed E-state index contributed by atoms with van der Waals surface area (Å²) in [4.78, 5) is 10.3. The number of allylic oxidation sites excluding steroid dienone is 1. The normalized spacial score (nSPS) is 11.0. The number of benzene rings is 3. The second-order valence-electron chi connectivity index (χ2n) is 6.04. The Morgan fingerprint density at radius 3 is 2.52 bits per heavy atom. The molecule has 0 amide bonds. The van der Waals surface area contributed by atoms with Crippen molar-refractivity contribution in [2.24, 2.45) is 0 Å². The van der Waals surface area contributed by atoms with E-state index < -0.39 is 4.92 Å². The van der Waals surface area contributed by atoms with Crippen molar-refractivity contribution in [3.8, 4) is 11.8 Å². The van der Waals surface area contributed by atoms with Crippen molar-refractivity contribution in [2.45, 2.75) is 6.61 Å². The lowest BCUT2D eigenvalue weighted by molar-refractivity contribution is -0.384. The third-order valence-electron chi connectivity index (χ3n) is 4.12. The van der Waals surface area contributed by atoms with Gasteiger partial charge in [0.05, 0.1) is 21.0 Å². The Balaban J connectivity index is 1.78. The molecule has 0 bridgehead atoms. The van der Waals surface area contributed by atoms with E-state index in [1.54, 1.807) is 42.5 Å². The molecule has 5 nitrogen and oxygen atoms in total. The summed E-state index contributed by atoms with van der Waals surface area (Å²) in [6, 6.07) is 19.6. The predicted octanol–water partition coefficient (Wildman–Crippen LogP) is 6.14. The van der Waals surface area contributed by atoms with Crippen LogP contribution in [0, 0.1) is 27.3 Å². The summed E-state index contributed by atoms with van der Waals surface area (Å²) in [5.41, 5.74) is 2.10. The zero-order valence-corrected chi connectivity index (χ0v) is 16.6.